The highest BCUT2D eigenvalue weighted by Gasteiger charge is 2.31. The number of primary amides is 1. The van der Waals surface area contributed by atoms with E-state index in [1.165, 1.54) is 6.20 Å². The molecule has 0 unspecified atom stereocenters. The molecule has 2 amide bonds. The largest absolute Gasteiger partial charge is 0.496 e. The standard InChI is InChI=1S/C24H27N3O3/c1-30-21-8-4-3-7-19(21)9-10-22(28)27-24(12-5-2-6-13-24)14-11-18-15-20(23(25)29)17-26-16-18/h3-4,7-8,15-17H,2,5-6,9-10,12-13H2,1H3,(H2,25,29)(H,27,28). The maximum Gasteiger partial charge on any atom is 0.250 e. The van der Waals surface area contributed by atoms with Gasteiger partial charge in [0.25, 0.3) is 0 Å². The minimum atomic E-state index is -0.557. The minimum Gasteiger partial charge on any atom is -0.496 e. The number of carbonyl (C=O) groups excluding carboxylic acids is 2. The van der Waals surface area contributed by atoms with Crippen LogP contribution in [0.3, 0.4) is 0 Å². The molecule has 1 aliphatic carbocycles. The quantitative estimate of drug-likeness (QED) is 0.723. The molecule has 1 fully saturated rings. The number of nitrogens with one attached hydrogen (secondary N) is 1. The molecule has 2 aromatic rings. The SMILES string of the molecule is COc1ccccc1CCC(=O)NC1(C#Cc2cncc(C(N)=O)c2)CCCCC1. The third-order valence-corrected chi connectivity index (χ3v) is 5.37. The first-order chi connectivity index (χ1) is 14.5. The smallest absolute Gasteiger partial charge is 0.250 e. The van der Waals surface area contributed by atoms with Crippen LogP contribution in [0.4, 0.5) is 0 Å². The van der Waals surface area contributed by atoms with Crippen molar-refractivity contribution in [2.45, 2.75) is 50.5 Å². The molecule has 6 nitrogen and oxygen atoms in total. The molecule has 6 heteroatoms. The molecule has 1 heterocycles. The van der Waals surface area contributed by atoms with Gasteiger partial charge in [-0.05, 0) is 37.0 Å². The van der Waals surface area contributed by atoms with E-state index >= 15 is 0 Å². The molecule has 0 saturated heterocycles. The topological polar surface area (TPSA) is 94.3 Å². The van der Waals surface area contributed by atoms with Crippen LogP contribution in [0.5, 0.6) is 5.75 Å². The Morgan fingerprint density at radius 1 is 1.20 bits per heavy atom. The van der Waals surface area contributed by atoms with Gasteiger partial charge < -0.3 is 15.8 Å². The molecule has 0 atom stereocenters. The lowest BCUT2D eigenvalue weighted by atomic mass is 9.81. The zero-order valence-electron chi connectivity index (χ0n) is 17.2. The van der Waals surface area contributed by atoms with Gasteiger partial charge in [-0.3, -0.25) is 14.6 Å². The van der Waals surface area contributed by atoms with Gasteiger partial charge >= 0.3 is 0 Å². The monoisotopic (exact) mass is 405 g/mol. The van der Waals surface area contributed by atoms with Gasteiger partial charge in [-0.1, -0.05) is 49.3 Å². The molecule has 0 aliphatic heterocycles. The van der Waals surface area contributed by atoms with Gasteiger partial charge in [0, 0.05) is 24.4 Å². The number of pyridine rings is 1. The molecule has 1 saturated carbocycles. The first-order valence-corrected chi connectivity index (χ1v) is 10.2. The van der Waals surface area contributed by atoms with Gasteiger partial charge in [-0.15, -0.1) is 0 Å². The Morgan fingerprint density at radius 2 is 1.97 bits per heavy atom. The highest BCUT2D eigenvalue weighted by molar-refractivity contribution is 5.92. The highest BCUT2D eigenvalue weighted by atomic mass is 16.5. The van der Waals surface area contributed by atoms with Gasteiger partial charge in [0.1, 0.15) is 11.3 Å². The van der Waals surface area contributed by atoms with Gasteiger partial charge in [0.15, 0.2) is 0 Å². The van der Waals surface area contributed by atoms with Crippen LogP contribution in [0.2, 0.25) is 0 Å². The van der Waals surface area contributed by atoms with Crippen molar-refractivity contribution in [1.82, 2.24) is 10.3 Å². The van der Waals surface area contributed by atoms with Crippen molar-refractivity contribution in [2.75, 3.05) is 7.11 Å². The van der Waals surface area contributed by atoms with E-state index in [9.17, 15) is 9.59 Å². The number of nitrogens with two attached hydrogens (primary N) is 1. The average Bonchev–Trinajstić information content (AvgIpc) is 2.77. The molecule has 1 aliphatic rings. The number of amides is 2. The summed E-state index contributed by atoms with van der Waals surface area (Å²) in [6.07, 6.45) is 8.77. The molecule has 156 valence electrons. The molecular formula is C24H27N3O3. The summed E-state index contributed by atoms with van der Waals surface area (Å²) in [5.41, 5.74) is 6.70. The Hall–Kier alpha value is -3.33. The normalized spacial score (nSPS) is 14.8. The van der Waals surface area contributed by atoms with E-state index in [0.29, 0.717) is 24.0 Å². The predicted molar refractivity (Wildman–Crippen MR) is 115 cm³/mol. The van der Waals surface area contributed by atoms with Crippen molar-refractivity contribution >= 4 is 11.8 Å². The van der Waals surface area contributed by atoms with Crippen LogP contribution >= 0.6 is 0 Å². The van der Waals surface area contributed by atoms with Crippen LogP contribution in [-0.4, -0.2) is 29.4 Å². The van der Waals surface area contributed by atoms with Crippen LogP contribution < -0.4 is 15.8 Å². The van der Waals surface area contributed by atoms with Crippen LogP contribution in [0.15, 0.2) is 42.7 Å². The second-order valence-corrected chi connectivity index (χ2v) is 7.58. The van der Waals surface area contributed by atoms with Gasteiger partial charge in [0.2, 0.25) is 11.8 Å². The molecule has 0 spiro atoms. The van der Waals surface area contributed by atoms with Crippen molar-refractivity contribution in [3.05, 3.63) is 59.4 Å². The Bertz CT molecular complexity index is 969. The van der Waals surface area contributed by atoms with E-state index in [2.05, 4.69) is 22.1 Å². The number of rotatable bonds is 6. The Labute approximate surface area is 177 Å². The first-order valence-electron chi connectivity index (χ1n) is 10.2. The number of carbonyl (C=O) groups is 2. The fraction of sp³-hybridized carbons (Fsp3) is 0.375. The number of aromatic nitrogens is 1. The molecule has 0 radical (unpaired) electrons. The number of ether oxygens (including phenoxy) is 1. The summed E-state index contributed by atoms with van der Waals surface area (Å²) >= 11 is 0. The van der Waals surface area contributed by atoms with E-state index in [4.69, 9.17) is 10.5 Å². The van der Waals surface area contributed by atoms with Crippen LogP contribution in [-0.2, 0) is 11.2 Å². The number of nitrogens with zero attached hydrogens (tertiary/aromatic N) is 1. The Morgan fingerprint density at radius 3 is 2.70 bits per heavy atom. The first kappa shape index (κ1) is 21.4. The average molecular weight is 405 g/mol. The summed E-state index contributed by atoms with van der Waals surface area (Å²) in [5.74, 6) is 6.59. The molecule has 3 N–H and O–H groups in total. The molecular weight excluding hydrogens is 378 g/mol. The highest BCUT2D eigenvalue weighted by Crippen LogP contribution is 2.28. The maximum absolute atomic E-state index is 12.8. The third-order valence-electron chi connectivity index (χ3n) is 5.37. The third kappa shape index (κ3) is 5.60. The van der Waals surface area contributed by atoms with Crippen molar-refractivity contribution in [2.24, 2.45) is 5.73 Å². The van der Waals surface area contributed by atoms with Gasteiger partial charge in [0.05, 0.1) is 12.7 Å². The fourth-order valence-electron chi connectivity index (χ4n) is 3.76. The molecule has 0 bridgehead atoms. The number of aryl methyl sites for hydroxylation is 1. The van der Waals surface area contributed by atoms with Crippen molar-refractivity contribution in [3.63, 3.8) is 0 Å². The summed E-state index contributed by atoms with van der Waals surface area (Å²) in [5, 5.41) is 3.18. The van der Waals surface area contributed by atoms with Crippen LogP contribution in [0, 0.1) is 11.8 Å². The number of benzene rings is 1. The summed E-state index contributed by atoms with van der Waals surface area (Å²) < 4.78 is 5.37. The molecule has 1 aromatic carbocycles. The van der Waals surface area contributed by atoms with E-state index in [1.807, 2.05) is 24.3 Å². The molecule has 30 heavy (non-hydrogen) atoms. The maximum atomic E-state index is 12.8. The zero-order chi connectivity index (χ0) is 21.4. The number of para-hydroxylation sites is 1. The van der Waals surface area contributed by atoms with Crippen molar-refractivity contribution < 1.29 is 14.3 Å². The number of methoxy groups -OCH3 is 1. The number of hydrogen-bond donors (Lipinski definition) is 2. The van der Waals surface area contributed by atoms with E-state index < -0.39 is 11.4 Å². The fourth-order valence-corrected chi connectivity index (χ4v) is 3.76. The lowest BCUT2D eigenvalue weighted by Gasteiger charge is -2.33. The second kappa shape index (κ2) is 9.93. The second-order valence-electron chi connectivity index (χ2n) is 7.58. The summed E-state index contributed by atoms with van der Waals surface area (Å²) in [6, 6.07) is 9.36. The van der Waals surface area contributed by atoms with Crippen molar-refractivity contribution in [3.8, 4) is 17.6 Å². The Balaban J connectivity index is 1.72. The van der Waals surface area contributed by atoms with Crippen molar-refractivity contribution in [1.29, 1.82) is 0 Å². The van der Waals surface area contributed by atoms with Crippen LogP contribution in [0.1, 0.15) is 60.0 Å². The zero-order valence-corrected chi connectivity index (χ0v) is 17.2. The lowest BCUT2D eigenvalue weighted by Crippen LogP contribution is -2.48. The van der Waals surface area contributed by atoms with E-state index in [0.717, 1.165) is 43.4 Å². The summed E-state index contributed by atoms with van der Waals surface area (Å²) in [4.78, 5) is 28.2. The van der Waals surface area contributed by atoms with Gasteiger partial charge in [-0.25, -0.2) is 0 Å². The Kier molecular flexibility index (Phi) is 7.08. The molecule has 3 rings (SSSR count). The van der Waals surface area contributed by atoms with E-state index in [-0.39, 0.29) is 5.91 Å². The minimum absolute atomic E-state index is 0.0267. The number of hydrogen-bond acceptors (Lipinski definition) is 4. The van der Waals surface area contributed by atoms with Crippen LogP contribution in [0.25, 0.3) is 0 Å². The predicted octanol–water partition coefficient (Wildman–Crippen LogP) is 2.99. The van der Waals surface area contributed by atoms with Gasteiger partial charge in [-0.2, -0.15) is 0 Å². The summed E-state index contributed by atoms with van der Waals surface area (Å²) in [6.45, 7) is 0. The lowest BCUT2D eigenvalue weighted by molar-refractivity contribution is -0.122. The van der Waals surface area contributed by atoms with E-state index in [1.54, 1.807) is 19.4 Å². The molecule has 1 aromatic heterocycles. The summed E-state index contributed by atoms with van der Waals surface area (Å²) in [7, 11) is 1.63.